The number of Topliss-reactive ketones (excluding diaryl/α,β-unsaturated/α-hetero) is 1. The van der Waals surface area contributed by atoms with Crippen LogP contribution in [0.25, 0.3) is 16.9 Å². The highest BCUT2D eigenvalue weighted by Gasteiger charge is 2.31. The van der Waals surface area contributed by atoms with E-state index in [0.29, 0.717) is 12.8 Å². The van der Waals surface area contributed by atoms with Gasteiger partial charge in [0.25, 0.3) is 0 Å². The summed E-state index contributed by atoms with van der Waals surface area (Å²) in [7, 11) is -3.98. The average Bonchev–Trinajstić information content (AvgIpc) is 3.22. The molecular weight excluding hydrogens is 531 g/mol. The quantitative estimate of drug-likeness (QED) is 0.243. The van der Waals surface area contributed by atoms with Crippen molar-refractivity contribution in [3.8, 4) is 17.0 Å². The highest BCUT2D eigenvalue weighted by atomic mass is 32.2. The summed E-state index contributed by atoms with van der Waals surface area (Å²) in [6, 6.07) is 11.8. The first-order valence-corrected chi connectivity index (χ1v) is 14.1. The molecule has 2 aromatic heterocycles. The van der Waals surface area contributed by atoms with Crippen LogP contribution < -0.4 is 4.74 Å². The maximum absolute atomic E-state index is 12.5. The molecular formula is C28H28F3N3O4S. The summed E-state index contributed by atoms with van der Waals surface area (Å²) in [4.78, 5) is 21.4. The van der Waals surface area contributed by atoms with Crippen molar-refractivity contribution in [3.05, 3.63) is 77.4 Å². The molecule has 0 amide bonds. The predicted molar refractivity (Wildman–Crippen MR) is 140 cm³/mol. The second-order valence-corrected chi connectivity index (χ2v) is 11.3. The number of carbonyl (C=O) groups is 1. The minimum atomic E-state index is -4.88. The Balaban J connectivity index is 1.36. The summed E-state index contributed by atoms with van der Waals surface area (Å²) >= 11 is 0. The van der Waals surface area contributed by atoms with E-state index in [-0.39, 0.29) is 11.3 Å². The van der Waals surface area contributed by atoms with Gasteiger partial charge in [-0.05, 0) is 62.9 Å². The number of fused-ring (bicyclic) bond motifs is 1. The van der Waals surface area contributed by atoms with Gasteiger partial charge in [-0.3, -0.25) is 14.2 Å². The van der Waals surface area contributed by atoms with Crippen molar-refractivity contribution in [2.45, 2.75) is 57.7 Å². The number of benzene rings is 2. The van der Waals surface area contributed by atoms with Gasteiger partial charge in [0.15, 0.2) is 15.5 Å². The molecule has 0 atom stereocenters. The van der Waals surface area contributed by atoms with E-state index in [1.165, 1.54) is 0 Å². The van der Waals surface area contributed by atoms with Crippen molar-refractivity contribution in [2.24, 2.45) is 0 Å². The van der Waals surface area contributed by atoms with Crippen LogP contribution in [0.4, 0.5) is 13.2 Å². The van der Waals surface area contributed by atoms with Gasteiger partial charge in [0.1, 0.15) is 17.3 Å². The first-order chi connectivity index (χ1) is 18.4. The van der Waals surface area contributed by atoms with Crippen LogP contribution in [0.3, 0.4) is 0 Å². The van der Waals surface area contributed by atoms with Gasteiger partial charge in [-0.15, -0.1) is 13.2 Å². The van der Waals surface area contributed by atoms with Gasteiger partial charge >= 0.3 is 6.36 Å². The van der Waals surface area contributed by atoms with Crippen LogP contribution in [0.15, 0.2) is 59.6 Å². The molecule has 0 aliphatic heterocycles. The lowest BCUT2D eigenvalue weighted by atomic mass is 10.0. The Morgan fingerprint density at radius 1 is 1.00 bits per heavy atom. The molecule has 0 N–H and O–H groups in total. The van der Waals surface area contributed by atoms with Gasteiger partial charge in [0, 0.05) is 18.2 Å². The topological polar surface area (TPSA) is 90.6 Å². The van der Waals surface area contributed by atoms with E-state index in [1.54, 1.807) is 0 Å². The van der Waals surface area contributed by atoms with Gasteiger partial charge in [0.2, 0.25) is 0 Å². The maximum Gasteiger partial charge on any atom is 0.573 e. The largest absolute Gasteiger partial charge is 0.573 e. The Hall–Kier alpha value is -3.73. The molecule has 2 aromatic carbocycles. The van der Waals surface area contributed by atoms with Crippen LogP contribution >= 0.6 is 0 Å². The van der Waals surface area contributed by atoms with Crippen LogP contribution in [0, 0.1) is 13.8 Å². The van der Waals surface area contributed by atoms with E-state index in [2.05, 4.69) is 21.0 Å². The fourth-order valence-corrected chi connectivity index (χ4v) is 5.76. The third kappa shape index (κ3) is 6.83. The summed E-state index contributed by atoms with van der Waals surface area (Å²) in [6.07, 6.45) is -1.01. The Morgan fingerprint density at radius 2 is 1.67 bits per heavy atom. The monoisotopic (exact) mass is 559 g/mol. The molecule has 2 heterocycles. The summed E-state index contributed by atoms with van der Waals surface area (Å²) in [6.45, 7) is 5.95. The van der Waals surface area contributed by atoms with Crippen LogP contribution in [0.2, 0.25) is 0 Å². The van der Waals surface area contributed by atoms with Crippen molar-refractivity contribution in [2.75, 3.05) is 5.75 Å². The van der Waals surface area contributed by atoms with Gasteiger partial charge < -0.3 is 4.74 Å². The highest BCUT2D eigenvalue weighted by Crippen LogP contribution is 2.28. The van der Waals surface area contributed by atoms with Crippen LogP contribution in [0.1, 0.15) is 42.4 Å². The summed E-state index contributed by atoms with van der Waals surface area (Å²) in [5, 5.41) is 0. The number of hydrogen-bond donors (Lipinski definition) is 0. The smallest absolute Gasteiger partial charge is 0.406 e. The van der Waals surface area contributed by atoms with Crippen LogP contribution in [0.5, 0.6) is 5.75 Å². The molecule has 0 unspecified atom stereocenters. The van der Waals surface area contributed by atoms with Crippen molar-refractivity contribution in [1.29, 1.82) is 0 Å². The number of hydrogen-bond acceptors (Lipinski definition) is 6. The molecule has 0 saturated carbocycles. The van der Waals surface area contributed by atoms with E-state index < -0.39 is 33.5 Å². The molecule has 0 radical (unpaired) electrons. The molecule has 0 aliphatic carbocycles. The lowest BCUT2D eigenvalue weighted by molar-refractivity contribution is -0.274. The number of rotatable bonds is 10. The molecule has 0 fully saturated rings. The van der Waals surface area contributed by atoms with Gasteiger partial charge in [-0.1, -0.05) is 31.2 Å². The number of ether oxygens (including phenoxy) is 1. The SMILES string of the molecule is CCc1nc2c(C)nc(C)cn2c1-c1ccc(CCCC(=O)CS(=O)(=O)c2ccc(OC(F)(F)F)cc2)cc1. The number of aromatic nitrogens is 3. The zero-order chi connectivity index (χ0) is 28.4. The molecule has 0 spiro atoms. The molecule has 0 bridgehead atoms. The fraction of sp³-hybridized carbons (Fsp3) is 0.321. The molecule has 0 saturated heterocycles. The number of imidazole rings is 1. The first kappa shape index (κ1) is 28.3. The molecule has 7 nitrogen and oxygen atoms in total. The zero-order valence-corrected chi connectivity index (χ0v) is 22.6. The average molecular weight is 560 g/mol. The van der Waals surface area contributed by atoms with Crippen molar-refractivity contribution in [1.82, 2.24) is 14.4 Å². The van der Waals surface area contributed by atoms with E-state index in [4.69, 9.17) is 4.98 Å². The van der Waals surface area contributed by atoms with Gasteiger partial charge in [0.05, 0.1) is 27.7 Å². The summed E-state index contributed by atoms with van der Waals surface area (Å²) in [5.74, 6) is -1.71. The highest BCUT2D eigenvalue weighted by molar-refractivity contribution is 7.92. The second kappa shape index (κ2) is 11.2. The Kier molecular flexibility index (Phi) is 8.10. The van der Waals surface area contributed by atoms with Gasteiger partial charge in [-0.2, -0.15) is 0 Å². The lowest BCUT2D eigenvalue weighted by Crippen LogP contribution is -2.18. The summed E-state index contributed by atoms with van der Waals surface area (Å²) < 4.78 is 67.7. The molecule has 0 aliphatic rings. The Morgan fingerprint density at radius 3 is 2.28 bits per heavy atom. The van der Waals surface area contributed by atoms with Crippen molar-refractivity contribution in [3.63, 3.8) is 0 Å². The normalized spacial score (nSPS) is 12.2. The molecule has 4 rings (SSSR count). The summed E-state index contributed by atoms with van der Waals surface area (Å²) in [5.41, 5.74) is 6.62. The van der Waals surface area contributed by atoms with E-state index in [9.17, 15) is 26.4 Å². The number of halogens is 3. The van der Waals surface area contributed by atoms with E-state index in [1.807, 2.05) is 44.3 Å². The Labute approximate surface area is 224 Å². The third-order valence-electron chi connectivity index (χ3n) is 6.22. The van der Waals surface area contributed by atoms with Crippen molar-refractivity contribution < 1.29 is 31.1 Å². The minimum Gasteiger partial charge on any atom is -0.406 e. The molecule has 39 heavy (non-hydrogen) atoms. The number of sulfone groups is 1. The molecule has 206 valence electrons. The van der Waals surface area contributed by atoms with Crippen LogP contribution in [-0.4, -0.2) is 40.7 Å². The lowest BCUT2D eigenvalue weighted by Gasteiger charge is -2.09. The van der Waals surface area contributed by atoms with Gasteiger partial charge in [-0.25, -0.2) is 13.4 Å². The van der Waals surface area contributed by atoms with Crippen LogP contribution in [-0.2, 0) is 27.5 Å². The van der Waals surface area contributed by atoms with E-state index in [0.717, 1.165) is 70.2 Å². The third-order valence-corrected chi connectivity index (χ3v) is 7.91. The van der Waals surface area contributed by atoms with Crippen molar-refractivity contribution >= 4 is 21.3 Å². The fourth-order valence-electron chi connectivity index (χ4n) is 4.48. The number of nitrogens with zero attached hydrogens (tertiary/aromatic N) is 3. The first-order valence-electron chi connectivity index (χ1n) is 12.4. The number of alkyl halides is 3. The number of ketones is 1. The number of aryl methyl sites for hydroxylation is 4. The second-order valence-electron chi connectivity index (χ2n) is 9.29. The Bertz CT molecular complexity index is 1590. The predicted octanol–water partition coefficient (Wildman–Crippen LogP) is 5.84. The molecule has 11 heteroatoms. The molecule has 4 aromatic rings. The minimum absolute atomic E-state index is 0.0645. The standard InChI is InChI=1S/C28H28F3N3O4S/c1-4-25-26(34-16-18(2)32-19(3)27(34)33-25)21-10-8-20(9-11-21)6-5-7-22(35)17-39(36,37)24-14-12-23(13-15-24)38-28(29,30)31/h8-16H,4-7,17H2,1-3H3. The maximum atomic E-state index is 12.5. The zero-order valence-electron chi connectivity index (χ0n) is 21.7. The van der Waals surface area contributed by atoms with E-state index >= 15 is 0 Å². The number of carbonyl (C=O) groups excluding carboxylic acids is 1.